The quantitative estimate of drug-likeness (QED) is 0.773. The zero-order valence-electron chi connectivity index (χ0n) is 8.50. The van der Waals surface area contributed by atoms with Gasteiger partial charge in [0.15, 0.2) is 5.69 Å². The Balaban J connectivity index is 2.73. The van der Waals surface area contributed by atoms with Gasteiger partial charge in [-0.3, -0.25) is 0 Å². The highest BCUT2D eigenvalue weighted by molar-refractivity contribution is 5.85. The van der Waals surface area contributed by atoms with Crippen LogP contribution in [0.15, 0.2) is 10.7 Å². The first kappa shape index (κ1) is 10.6. The zero-order chi connectivity index (χ0) is 10.8. The molecule has 1 aromatic heterocycles. The van der Waals surface area contributed by atoms with Gasteiger partial charge in [0.25, 0.3) is 6.01 Å². The lowest BCUT2D eigenvalue weighted by molar-refractivity contribution is 0.0690. The van der Waals surface area contributed by atoms with Crippen LogP contribution in [-0.2, 0) is 0 Å². The van der Waals surface area contributed by atoms with Gasteiger partial charge >= 0.3 is 5.97 Å². The van der Waals surface area contributed by atoms with E-state index in [0.717, 1.165) is 12.7 Å². The van der Waals surface area contributed by atoms with Crippen LogP contribution in [0.25, 0.3) is 0 Å². The summed E-state index contributed by atoms with van der Waals surface area (Å²) in [6.07, 6.45) is 2.01. The molecule has 0 unspecified atom stereocenters. The summed E-state index contributed by atoms with van der Waals surface area (Å²) in [6.45, 7) is 5.99. The Morgan fingerprint density at radius 3 is 2.79 bits per heavy atom. The van der Waals surface area contributed by atoms with Gasteiger partial charge in [-0.25, -0.2) is 4.79 Å². The third-order valence-electron chi connectivity index (χ3n) is 2.05. The summed E-state index contributed by atoms with van der Waals surface area (Å²) in [6, 6.07) is 0.245. The summed E-state index contributed by atoms with van der Waals surface area (Å²) in [7, 11) is 0. The highest BCUT2D eigenvalue weighted by atomic mass is 16.4. The summed E-state index contributed by atoms with van der Waals surface area (Å²) < 4.78 is 4.96. The molecule has 14 heavy (non-hydrogen) atoms. The zero-order valence-corrected chi connectivity index (χ0v) is 8.50. The minimum atomic E-state index is -1.09. The van der Waals surface area contributed by atoms with Crippen molar-refractivity contribution in [2.24, 2.45) is 0 Å². The topological polar surface area (TPSA) is 75.4 Å². The Labute approximate surface area is 82.1 Å². The third kappa shape index (κ3) is 2.48. The number of carbonyl (C=O) groups is 1. The maximum absolute atomic E-state index is 10.5. The van der Waals surface area contributed by atoms with E-state index in [1.165, 1.54) is 0 Å². The number of nitrogens with zero attached hydrogens (tertiary/aromatic N) is 1. The molecule has 0 aromatic carbocycles. The van der Waals surface area contributed by atoms with E-state index in [9.17, 15) is 4.79 Å². The van der Waals surface area contributed by atoms with Gasteiger partial charge in [0.2, 0.25) is 0 Å². The number of hydrogen-bond donors (Lipinski definition) is 2. The fourth-order valence-electron chi connectivity index (χ4n) is 0.807. The van der Waals surface area contributed by atoms with E-state index in [4.69, 9.17) is 9.52 Å². The van der Waals surface area contributed by atoms with E-state index < -0.39 is 5.97 Å². The van der Waals surface area contributed by atoms with Gasteiger partial charge in [0.05, 0.1) is 0 Å². The Bertz CT molecular complexity index is 331. The van der Waals surface area contributed by atoms with Gasteiger partial charge in [0.1, 0.15) is 6.26 Å². The van der Waals surface area contributed by atoms with Crippen molar-refractivity contribution in [3.05, 3.63) is 12.0 Å². The van der Waals surface area contributed by atoms with Crippen molar-refractivity contribution < 1.29 is 14.3 Å². The SMILES string of the molecule is CCC(C)(C)Nc1nc(C(=O)O)co1. The first-order valence-electron chi connectivity index (χ1n) is 4.41. The number of aromatic carboxylic acids is 1. The second-order valence-corrected chi connectivity index (χ2v) is 3.71. The molecule has 1 aromatic rings. The van der Waals surface area contributed by atoms with Crippen LogP contribution in [0.1, 0.15) is 37.7 Å². The molecule has 0 aliphatic carbocycles. The molecule has 1 heterocycles. The summed E-state index contributed by atoms with van der Waals surface area (Å²) in [4.78, 5) is 14.3. The van der Waals surface area contributed by atoms with Gasteiger partial charge < -0.3 is 14.8 Å². The molecule has 0 fully saturated rings. The molecule has 0 spiro atoms. The van der Waals surface area contributed by atoms with Crippen molar-refractivity contribution in [3.8, 4) is 0 Å². The Morgan fingerprint density at radius 1 is 1.71 bits per heavy atom. The van der Waals surface area contributed by atoms with E-state index in [-0.39, 0.29) is 17.2 Å². The molecule has 5 heteroatoms. The highest BCUT2D eigenvalue weighted by Crippen LogP contribution is 2.16. The number of oxazole rings is 1. The standard InChI is InChI=1S/C9H14N2O3/c1-4-9(2,3)11-8-10-6(5-14-8)7(12)13/h5H,4H2,1-3H3,(H,10,11)(H,12,13). The second-order valence-electron chi connectivity index (χ2n) is 3.71. The van der Waals surface area contributed by atoms with Crippen LogP contribution in [0.4, 0.5) is 6.01 Å². The molecule has 0 radical (unpaired) electrons. The number of carboxylic acids is 1. The molecule has 2 N–H and O–H groups in total. The molecule has 0 aliphatic heterocycles. The fourth-order valence-corrected chi connectivity index (χ4v) is 0.807. The van der Waals surface area contributed by atoms with E-state index >= 15 is 0 Å². The van der Waals surface area contributed by atoms with Crippen LogP contribution in [0, 0.1) is 0 Å². The van der Waals surface area contributed by atoms with E-state index in [0.29, 0.717) is 0 Å². The van der Waals surface area contributed by atoms with Crippen LogP contribution in [0.5, 0.6) is 0 Å². The molecule has 0 bridgehead atoms. The third-order valence-corrected chi connectivity index (χ3v) is 2.05. The molecule has 1 rings (SSSR count). The summed E-state index contributed by atoms with van der Waals surface area (Å²) >= 11 is 0. The highest BCUT2D eigenvalue weighted by Gasteiger charge is 2.18. The predicted octanol–water partition coefficient (Wildman–Crippen LogP) is 1.97. The molecule has 0 saturated heterocycles. The largest absolute Gasteiger partial charge is 0.476 e. The first-order valence-corrected chi connectivity index (χ1v) is 4.41. The molecule has 0 amide bonds. The normalized spacial score (nSPS) is 11.4. The predicted molar refractivity (Wildman–Crippen MR) is 51.5 cm³/mol. The van der Waals surface area contributed by atoms with Gasteiger partial charge in [-0.2, -0.15) is 4.98 Å². The lowest BCUT2D eigenvalue weighted by Gasteiger charge is -2.22. The molecule has 5 nitrogen and oxygen atoms in total. The molecule has 0 atom stereocenters. The van der Waals surface area contributed by atoms with Crippen LogP contribution in [0.3, 0.4) is 0 Å². The molecule has 0 saturated carbocycles. The number of hydrogen-bond acceptors (Lipinski definition) is 4. The summed E-state index contributed by atoms with van der Waals surface area (Å²) in [5, 5.41) is 11.6. The van der Waals surface area contributed by atoms with Crippen molar-refractivity contribution in [1.82, 2.24) is 4.98 Å². The van der Waals surface area contributed by atoms with Crippen molar-refractivity contribution in [2.75, 3.05) is 5.32 Å². The lowest BCUT2D eigenvalue weighted by atomic mass is 10.0. The summed E-state index contributed by atoms with van der Waals surface area (Å²) in [5.74, 6) is -1.09. The summed E-state index contributed by atoms with van der Waals surface area (Å²) in [5.41, 5.74) is -0.236. The van der Waals surface area contributed by atoms with Crippen LogP contribution >= 0.6 is 0 Å². The Kier molecular flexibility index (Phi) is 2.78. The maximum Gasteiger partial charge on any atom is 0.357 e. The fraction of sp³-hybridized carbons (Fsp3) is 0.556. The number of nitrogens with one attached hydrogen (secondary N) is 1. The molecule has 78 valence electrons. The lowest BCUT2D eigenvalue weighted by Crippen LogP contribution is -2.29. The van der Waals surface area contributed by atoms with Crippen LogP contribution < -0.4 is 5.32 Å². The molecule has 0 aliphatic rings. The first-order chi connectivity index (χ1) is 6.44. The smallest absolute Gasteiger partial charge is 0.357 e. The van der Waals surface area contributed by atoms with Gasteiger partial charge in [0, 0.05) is 5.54 Å². The van der Waals surface area contributed by atoms with Gasteiger partial charge in [-0.15, -0.1) is 0 Å². The second kappa shape index (κ2) is 3.69. The minimum absolute atomic E-state index is 0.0839. The molecular formula is C9H14N2O3. The minimum Gasteiger partial charge on any atom is -0.476 e. The van der Waals surface area contributed by atoms with E-state index in [1.54, 1.807) is 0 Å². The number of carboxylic acid groups (broad SMARTS) is 1. The maximum atomic E-state index is 10.5. The van der Waals surface area contributed by atoms with Crippen molar-refractivity contribution in [3.63, 3.8) is 0 Å². The van der Waals surface area contributed by atoms with E-state index in [1.807, 2.05) is 20.8 Å². The van der Waals surface area contributed by atoms with Gasteiger partial charge in [-0.05, 0) is 20.3 Å². The van der Waals surface area contributed by atoms with Gasteiger partial charge in [-0.1, -0.05) is 6.92 Å². The van der Waals surface area contributed by atoms with Crippen molar-refractivity contribution in [2.45, 2.75) is 32.7 Å². The average molecular weight is 198 g/mol. The molecular weight excluding hydrogens is 184 g/mol. The average Bonchev–Trinajstić information content (AvgIpc) is 2.52. The Hall–Kier alpha value is -1.52. The number of aromatic nitrogens is 1. The van der Waals surface area contributed by atoms with Crippen LogP contribution in [0.2, 0.25) is 0 Å². The van der Waals surface area contributed by atoms with E-state index in [2.05, 4.69) is 10.3 Å². The monoisotopic (exact) mass is 198 g/mol. The number of anilines is 1. The number of rotatable bonds is 4. The van der Waals surface area contributed by atoms with Crippen LogP contribution in [-0.4, -0.2) is 21.6 Å². The Morgan fingerprint density at radius 2 is 2.36 bits per heavy atom. The van der Waals surface area contributed by atoms with Crippen molar-refractivity contribution in [1.29, 1.82) is 0 Å². The van der Waals surface area contributed by atoms with Crippen molar-refractivity contribution >= 4 is 12.0 Å².